The van der Waals surface area contributed by atoms with Crippen molar-refractivity contribution >= 4 is 11.0 Å². The van der Waals surface area contributed by atoms with Crippen LogP contribution in [0.5, 0.6) is 0 Å². The summed E-state index contributed by atoms with van der Waals surface area (Å²) in [6.45, 7) is 2.01. The lowest BCUT2D eigenvalue weighted by atomic mass is 10.2. The standard InChI is InChI=1S/C12H11FO2/c1-2-3-9-7-11(14)10-6-8(13)4-5-12(10)15-9/h4-7H,2-3H2,1H3. The Morgan fingerprint density at radius 1 is 1.33 bits per heavy atom. The molecule has 15 heavy (non-hydrogen) atoms. The van der Waals surface area contributed by atoms with Gasteiger partial charge in [0, 0.05) is 12.5 Å². The molecule has 0 saturated heterocycles. The second kappa shape index (κ2) is 3.85. The first-order valence-corrected chi connectivity index (χ1v) is 4.93. The zero-order chi connectivity index (χ0) is 10.8. The molecular weight excluding hydrogens is 195 g/mol. The van der Waals surface area contributed by atoms with Crippen LogP contribution in [0.2, 0.25) is 0 Å². The molecular formula is C12H11FO2. The van der Waals surface area contributed by atoms with Gasteiger partial charge in [0.15, 0.2) is 5.43 Å². The minimum Gasteiger partial charge on any atom is -0.461 e. The molecule has 78 valence electrons. The Morgan fingerprint density at radius 3 is 2.87 bits per heavy atom. The van der Waals surface area contributed by atoms with E-state index in [0.29, 0.717) is 16.7 Å². The van der Waals surface area contributed by atoms with Crippen LogP contribution in [0.4, 0.5) is 4.39 Å². The summed E-state index contributed by atoms with van der Waals surface area (Å²) in [5, 5.41) is 0.301. The monoisotopic (exact) mass is 206 g/mol. The van der Waals surface area contributed by atoms with Gasteiger partial charge in [-0.05, 0) is 24.6 Å². The molecule has 0 saturated carbocycles. The lowest BCUT2D eigenvalue weighted by Gasteiger charge is -2.00. The molecule has 0 amide bonds. The highest BCUT2D eigenvalue weighted by molar-refractivity contribution is 5.76. The normalized spacial score (nSPS) is 10.8. The van der Waals surface area contributed by atoms with E-state index >= 15 is 0 Å². The lowest BCUT2D eigenvalue weighted by molar-refractivity contribution is 0.530. The van der Waals surface area contributed by atoms with Crippen LogP contribution in [0.15, 0.2) is 33.5 Å². The van der Waals surface area contributed by atoms with Gasteiger partial charge in [0.25, 0.3) is 0 Å². The van der Waals surface area contributed by atoms with E-state index in [1.165, 1.54) is 24.3 Å². The van der Waals surface area contributed by atoms with Gasteiger partial charge < -0.3 is 4.42 Å². The van der Waals surface area contributed by atoms with Crippen molar-refractivity contribution in [2.45, 2.75) is 19.8 Å². The summed E-state index contributed by atoms with van der Waals surface area (Å²) < 4.78 is 18.4. The smallest absolute Gasteiger partial charge is 0.193 e. The van der Waals surface area contributed by atoms with Crippen LogP contribution in [-0.4, -0.2) is 0 Å². The first-order valence-electron chi connectivity index (χ1n) is 4.93. The van der Waals surface area contributed by atoms with Gasteiger partial charge in [-0.1, -0.05) is 6.92 Å². The van der Waals surface area contributed by atoms with Crippen molar-refractivity contribution in [3.05, 3.63) is 46.1 Å². The maximum atomic E-state index is 12.9. The zero-order valence-electron chi connectivity index (χ0n) is 8.42. The number of aryl methyl sites for hydroxylation is 1. The van der Waals surface area contributed by atoms with Gasteiger partial charge in [-0.3, -0.25) is 4.79 Å². The fraction of sp³-hybridized carbons (Fsp3) is 0.250. The summed E-state index contributed by atoms with van der Waals surface area (Å²) in [4.78, 5) is 11.6. The van der Waals surface area contributed by atoms with E-state index < -0.39 is 5.82 Å². The van der Waals surface area contributed by atoms with Crippen LogP contribution in [0, 0.1) is 5.82 Å². The van der Waals surface area contributed by atoms with E-state index in [9.17, 15) is 9.18 Å². The van der Waals surface area contributed by atoms with E-state index in [1.54, 1.807) is 0 Å². The lowest BCUT2D eigenvalue weighted by Crippen LogP contribution is -2.02. The second-order valence-electron chi connectivity index (χ2n) is 3.47. The fourth-order valence-corrected chi connectivity index (χ4v) is 1.55. The number of benzene rings is 1. The minimum absolute atomic E-state index is 0.181. The Balaban J connectivity index is 2.67. The highest BCUT2D eigenvalue weighted by atomic mass is 19.1. The van der Waals surface area contributed by atoms with Crippen molar-refractivity contribution in [1.29, 1.82) is 0 Å². The first-order chi connectivity index (χ1) is 7.20. The van der Waals surface area contributed by atoms with E-state index in [1.807, 2.05) is 6.92 Å². The van der Waals surface area contributed by atoms with E-state index in [2.05, 4.69) is 0 Å². The van der Waals surface area contributed by atoms with Crippen LogP contribution in [0.25, 0.3) is 11.0 Å². The third-order valence-electron chi connectivity index (χ3n) is 2.24. The van der Waals surface area contributed by atoms with Gasteiger partial charge in [-0.25, -0.2) is 4.39 Å². The molecule has 2 aromatic rings. The fourth-order valence-electron chi connectivity index (χ4n) is 1.55. The SMILES string of the molecule is CCCc1cc(=O)c2cc(F)ccc2o1. The molecule has 0 aliphatic heterocycles. The maximum absolute atomic E-state index is 12.9. The highest BCUT2D eigenvalue weighted by Gasteiger charge is 2.04. The van der Waals surface area contributed by atoms with Crippen LogP contribution in [0.3, 0.4) is 0 Å². The van der Waals surface area contributed by atoms with Gasteiger partial charge in [0.05, 0.1) is 5.39 Å². The van der Waals surface area contributed by atoms with Gasteiger partial charge >= 0.3 is 0 Å². The average molecular weight is 206 g/mol. The predicted octanol–water partition coefficient (Wildman–Crippen LogP) is 2.88. The molecule has 1 heterocycles. The van der Waals surface area contributed by atoms with Crippen LogP contribution in [0.1, 0.15) is 19.1 Å². The number of hydrogen-bond donors (Lipinski definition) is 0. The Bertz CT molecular complexity index is 543. The van der Waals surface area contributed by atoms with Crippen molar-refractivity contribution in [1.82, 2.24) is 0 Å². The Hall–Kier alpha value is -1.64. The van der Waals surface area contributed by atoms with Crippen LogP contribution in [-0.2, 0) is 6.42 Å². The Kier molecular flexibility index (Phi) is 2.54. The molecule has 0 unspecified atom stereocenters. The number of hydrogen-bond acceptors (Lipinski definition) is 2. The van der Waals surface area contributed by atoms with Gasteiger partial charge in [-0.2, -0.15) is 0 Å². The van der Waals surface area contributed by atoms with Crippen molar-refractivity contribution in [2.75, 3.05) is 0 Å². The molecule has 0 fully saturated rings. The topological polar surface area (TPSA) is 30.2 Å². The number of fused-ring (bicyclic) bond motifs is 1. The largest absolute Gasteiger partial charge is 0.461 e. The molecule has 0 aliphatic carbocycles. The Morgan fingerprint density at radius 2 is 2.13 bits per heavy atom. The predicted molar refractivity (Wildman–Crippen MR) is 56.4 cm³/mol. The van der Waals surface area contributed by atoms with Crippen molar-refractivity contribution in [3.8, 4) is 0 Å². The highest BCUT2D eigenvalue weighted by Crippen LogP contribution is 2.14. The van der Waals surface area contributed by atoms with Gasteiger partial charge in [-0.15, -0.1) is 0 Å². The molecule has 0 aliphatic rings. The summed E-state index contributed by atoms with van der Waals surface area (Å²) in [6.07, 6.45) is 1.64. The molecule has 0 N–H and O–H groups in total. The molecule has 3 heteroatoms. The summed E-state index contributed by atoms with van der Waals surface area (Å²) in [7, 11) is 0. The minimum atomic E-state index is -0.418. The number of halogens is 1. The van der Waals surface area contributed by atoms with Crippen molar-refractivity contribution in [3.63, 3.8) is 0 Å². The molecule has 2 rings (SSSR count). The van der Waals surface area contributed by atoms with E-state index in [4.69, 9.17) is 4.42 Å². The van der Waals surface area contributed by atoms with Crippen molar-refractivity contribution in [2.24, 2.45) is 0 Å². The molecule has 1 aromatic carbocycles. The molecule has 2 nitrogen and oxygen atoms in total. The summed E-state index contributed by atoms with van der Waals surface area (Å²) in [5.41, 5.74) is 0.270. The van der Waals surface area contributed by atoms with Gasteiger partial charge in [0.1, 0.15) is 17.2 Å². The molecule has 1 aromatic heterocycles. The van der Waals surface area contributed by atoms with Gasteiger partial charge in [0.2, 0.25) is 0 Å². The summed E-state index contributed by atoms with van der Waals surface area (Å²) in [6, 6.07) is 5.42. The number of rotatable bonds is 2. The Labute approximate surface area is 86.3 Å². The molecule has 0 radical (unpaired) electrons. The summed E-state index contributed by atoms with van der Waals surface area (Å²) in [5.74, 6) is 0.236. The molecule has 0 bridgehead atoms. The third kappa shape index (κ3) is 1.91. The average Bonchev–Trinajstić information content (AvgIpc) is 2.20. The maximum Gasteiger partial charge on any atom is 0.193 e. The zero-order valence-corrected chi connectivity index (χ0v) is 8.42. The molecule has 0 atom stereocenters. The quantitative estimate of drug-likeness (QED) is 0.756. The third-order valence-corrected chi connectivity index (χ3v) is 2.24. The van der Waals surface area contributed by atoms with Crippen LogP contribution < -0.4 is 5.43 Å². The van der Waals surface area contributed by atoms with Crippen molar-refractivity contribution < 1.29 is 8.81 Å². The first kappa shape index (κ1) is 9.90. The molecule has 0 spiro atoms. The summed E-state index contributed by atoms with van der Waals surface area (Å²) >= 11 is 0. The van der Waals surface area contributed by atoms with Crippen LogP contribution >= 0.6 is 0 Å². The van der Waals surface area contributed by atoms with E-state index in [-0.39, 0.29) is 5.43 Å². The van der Waals surface area contributed by atoms with E-state index in [0.717, 1.165) is 12.8 Å². The second-order valence-corrected chi connectivity index (χ2v) is 3.47.